The maximum Gasteiger partial charge on any atom is 0.246 e. The number of carbonyl (C=O) groups is 2. The number of hydrogen-bond donors (Lipinski definition) is 1. The third kappa shape index (κ3) is 6.60. The fourth-order valence-corrected chi connectivity index (χ4v) is 4.00. The molecule has 0 radical (unpaired) electrons. The lowest BCUT2D eigenvalue weighted by atomic mass is 9.96. The predicted octanol–water partition coefficient (Wildman–Crippen LogP) is 3.83. The van der Waals surface area contributed by atoms with E-state index in [4.69, 9.17) is 4.42 Å². The average Bonchev–Trinajstić information content (AvgIpc) is 3.25. The molecule has 0 saturated carbocycles. The Labute approximate surface area is 170 Å². The first-order chi connectivity index (χ1) is 13.7. The highest BCUT2D eigenvalue weighted by Gasteiger charge is 2.21. The quantitative estimate of drug-likeness (QED) is 0.542. The summed E-state index contributed by atoms with van der Waals surface area (Å²) in [7, 11) is 0. The molecular weight excluding hydrogens is 372 g/mol. The van der Waals surface area contributed by atoms with Crippen LogP contribution in [0, 0.1) is 5.92 Å². The number of carbonyl (C=O) groups excluding carboxylic acids is 2. The molecule has 0 atom stereocenters. The molecule has 1 aromatic heterocycles. The van der Waals surface area contributed by atoms with Crippen LogP contribution in [-0.2, 0) is 9.59 Å². The Morgan fingerprint density at radius 2 is 1.93 bits per heavy atom. The molecule has 1 aromatic carbocycles. The zero-order valence-corrected chi connectivity index (χ0v) is 16.7. The van der Waals surface area contributed by atoms with Gasteiger partial charge in [-0.25, -0.2) is 0 Å². The van der Waals surface area contributed by atoms with Gasteiger partial charge in [-0.15, -0.1) is 11.8 Å². The summed E-state index contributed by atoms with van der Waals surface area (Å²) in [5, 5.41) is 3.04. The van der Waals surface area contributed by atoms with Crippen molar-refractivity contribution in [2.45, 2.75) is 24.2 Å². The van der Waals surface area contributed by atoms with E-state index >= 15 is 0 Å². The van der Waals surface area contributed by atoms with Gasteiger partial charge in [0, 0.05) is 42.8 Å². The van der Waals surface area contributed by atoms with E-state index in [2.05, 4.69) is 17.4 Å². The zero-order chi connectivity index (χ0) is 19.6. The minimum Gasteiger partial charge on any atom is -0.465 e. The predicted molar refractivity (Wildman–Crippen MR) is 112 cm³/mol. The summed E-state index contributed by atoms with van der Waals surface area (Å²) in [4.78, 5) is 27.3. The number of furan rings is 1. The second kappa shape index (κ2) is 10.8. The van der Waals surface area contributed by atoms with Gasteiger partial charge in [0.15, 0.2) is 0 Å². The van der Waals surface area contributed by atoms with Crippen LogP contribution in [-0.4, -0.2) is 42.1 Å². The van der Waals surface area contributed by atoms with Crippen LogP contribution in [0.3, 0.4) is 0 Å². The molecule has 2 aromatic rings. The van der Waals surface area contributed by atoms with Crippen molar-refractivity contribution in [3.8, 4) is 0 Å². The third-order valence-corrected chi connectivity index (χ3v) is 5.80. The number of amides is 2. The number of thioether (sulfide) groups is 1. The third-order valence-electron chi connectivity index (χ3n) is 4.79. The van der Waals surface area contributed by atoms with Crippen molar-refractivity contribution in [2.24, 2.45) is 5.92 Å². The average molecular weight is 399 g/mol. The first-order valence-corrected chi connectivity index (χ1v) is 10.6. The van der Waals surface area contributed by atoms with Gasteiger partial charge in [0.25, 0.3) is 0 Å². The monoisotopic (exact) mass is 398 g/mol. The largest absolute Gasteiger partial charge is 0.465 e. The van der Waals surface area contributed by atoms with Gasteiger partial charge in [0.2, 0.25) is 11.8 Å². The lowest BCUT2D eigenvalue weighted by molar-refractivity contribution is -0.127. The van der Waals surface area contributed by atoms with Crippen LogP contribution in [0.5, 0.6) is 0 Å². The van der Waals surface area contributed by atoms with Gasteiger partial charge in [0.1, 0.15) is 5.76 Å². The fourth-order valence-electron chi connectivity index (χ4n) is 3.13. The van der Waals surface area contributed by atoms with Crippen LogP contribution in [0.4, 0.5) is 0 Å². The normalized spacial score (nSPS) is 15.1. The van der Waals surface area contributed by atoms with Crippen molar-refractivity contribution in [2.75, 3.05) is 25.4 Å². The van der Waals surface area contributed by atoms with Crippen LogP contribution < -0.4 is 5.32 Å². The smallest absolute Gasteiger partial charge is 0.246 e. The minimum absolute atomic E-state index is 0.0109. The van der Waals surface area contributed by atoms with E-state index in [-0.39, 0.29) is 11.8 Å². The van der Waals surface area contributed by atoms with E-state index in [1.165, 1.54) is 4.90 Å². The van der Waals surface area contributed by atoms with Gasteiger partial charge >= 0.3 is 0 Å². The molecule has 1 aliphatic heterocycles. The summed E-state index contributed by atoms with van der Waals surface area (Å²) in [5.41, 5.74) is 0. The van der Waals surface area contributed by atoms with Gasteiger partial charge in [-0.2, -0.15) is 0 Å². The maximum absolute atomic E-state index is 12.2. The molecule has 1 aliphatic rings. The number of likely N-dealkylation sites (tertiary alicyclic amines) is 1. The Bertz CT molecular complexity index is 766. The van der Waals surface area contributed by atoms with Crippen LogP contribution >= 0.6 is 11.8 Å². The van der Waals surface area contributed by atoms with Crippen molar-refractivity contribution in [3.05, 3.63) is 60.6 Å². The molecule has 0 unspecified atom stereocenters. The Balaban J connectivity index is 1.29. The summed E-state index contributed by atoms with van der Waals surface area (Å²) in [6.07, 6.45) is 7.20. The summed E-state index contributed by atoms with van der Waals surface area (Å²) in [5.74, 6) is 2.01. The van der Waals surface area contributed by atoms with Crippen molar-refractivity contribution in [1.29, 1.82) is 0 Å². The van der Waals surface area contributed by atoms with Crippen molar-refractivity contribution < 1.29 is 14.0 Å². The van der Waals surface area contributed by atoms with Gasteiger partial charge in [-0.3, -0.25) is 9.59 Å². The number of hydrogen-bond acceptors (Lipinski definition) is 4. The molecule has 1 fully saturated rings. The molecule has 0 aliphatic carbocycles. The van der Waals surface area contributed by atoms with Gasteiger partial charge in [-0.05, 0) is 49.1 Å². The highest BCUT2D eigenvalue weighted by molar-refractivity contribution is 7.99. The number of benzene rings is 1. The Morgan fingerprint density at radius 1 is 1.14 bits per heavy atom. The molecule has 2 amide bonds. The molecule has 1 N–H and O–H groups in total. The minimum atomic E-state index is 0.0109. The Morgan fingerprint density at radius 3 is 2.64 bits per heavy atom. The molecule has 5 nitrogen and oxygen atoms in total. The lowest BCUT2D eigenvalue weighted by Gasteiger charge is -2.31. The molecular formula is C22H26N2O3S. The molecule has 2 heterocycles. The number of rotatable bonds is 8. The van der Waals surface area contributed by atoms with Gasteiger partial charge in [0.05, 0.1) is 6.26 Å². The Kier molecular flexibility index (Phi) is 7.79. The fraction of sp³-hybridized carbons (Fsp3) is 0.364. The van der Waals surface area contributed by atoms with Gasteiger partial charge < -0.3 is 14.6 Å². The first kappa shape index (κ1) is 20.3. The van der Waals surface area contributed by atoms with E-state index < -0.39 is 0 Å². The molecule has 6 heteroatoms. The van der Waals surface area contributed by atoms with Crippen molar-refractivity contribution in [1.82, 2.24) is 10.2 Å². The second-order valence-corrected chi connectivity index (χ2v) is 8.00. The highest BCUT2D eigenvalue weighted by atomic mass is 32.2. The van der Waals surface area contributed by atoms with E-state index in [9.17, 15) is 9.59 Å². The lowest BCUT2D eigenvalue weighted by Crippen LogP contribution is -2.41. The van der Waals surface area contributed by atoms with Crippen molar-refractivity contribution in [3.63, 3.8) is 0 Å². The zero-order valence-electron chi connectivity index (χ0n) is 15.9. The van der Waals surface area contributed by atoms with Crippen molar-refractivity contribution >= 4 is 29.7 Å². The van der Waals surface area contributed by atoms with E-state index in [1.807, 2.05) is 29.2 Å². The van der Waals surface area contributed by atoms with E-state index in [0.29, 0.717) is 24.6 Å². The summed E-state index contributed by atoms with van der Waals surface area (Å²) in [6.45, 7) is 2.15. The topological polar surface area (TPSA) is 62.6 Å². The molecule has 148 valence electrons. The summed E-state index contributed by atoms with van der Waals surface area (Å²) < 4.78 is 5.20. The van der Waals surface area contributed by atoms with Crippen LogP contribution in [0.15, 0.2) is 64.1 Å². The SMILES string of the molecule is O=C(CCSc1ccccc1)NCC1CCN(C(=O)/C=C/c2ccco2)CC1. The van der Waals surface area contributed by atoms with Crippen LogP contribution in [0.1, 0.15) is 25.0 Å². The summed E-state index contributed by atoms with van der Waals surface area (Å²) in [6, 6.07) is 13.7. The van der Waals surface area contributed by atoms with E-state index in [0.717, 1.165) is 31.7 Å². The standard InChI is InChI=1S/C22H26N2O3S/c25-21(12-16-28-20-6-2-1-3-7-20)23-17-18-10-13-24(14-11-18)22(26)9-8-19-5-4-15-27-19/h1-9,15,18H,10-14,16-17H2,(H,23,25)/b9-8+. The van der Waals surface area contributed by atoms with E-state index in [1.54, 1.807) is 36.2 Å². The number of nitrogens with zero attached hydrogens (tertiary/aromatic N) is 1. The summed E-state index contributed by atoms with van der Waals surface area (Å²) >= 11 is 1.70. The molecule has 1 saturated heterocycles. The highest BCUT2D eigenvalue weighted by Crippen LogP contribution is 2.19. The first-order valence-electron chi connectivity index (χ1n) is 9.66. The maximum atomic E-state index is 12.2. The molecule has 3 rings (SSSR count). The molecule has 0 spiro atoms. The molecule has 28 heavy (non-hydrogen) atoms. The number of piperidine rings is 1. The van der Waals surface area contributed by atoms with Crippen LogP contribution in [0.2, 0.25) is 0 Å². The molecule has 0 bridgehead atoms. The Hall–Kier alpha value is -2.47. The van der Waals surface area contributed by atoms with Gasteiger partial charge in [-0.1, -0.05) is 18.2 Å². The number of nitrogens with one attached hydrogen (secondary N) is 1. The van der Waals surface area contributed by atoms with Crippen LogP contribution in [0.25, 0.3) is 6.08 Å². The second-order valence-electron chi connectivity index (χ2n) is 6.83.